The molecule has 0 aromatic heterocycles. The fourth-order valence-electron chi connectivity index (χ4n) is 1.20. The summed E-state index contributed by atoms with van der Waals surface area (Å²) in [5, 5.41) is 5.61. The van der Waals surface area contributed by atoms with E-state index >= 15 is 0 Å². The van der Waals surface area contributed by atoms with Crippen LogP contribution in [0.2, 0.25) is 5.02 Å². The Morgan fingerprint density at radius 1 is 1.32 bits per heavy atom. The second-order valence-electron chi connectivity index (χ2n) is 4.07. The number of amides is 3. The molecule has 1 aromatic rings. The molecular formula is C13H17ClN2O2S. The number of carbonyl (C=O) groups is 2. The highest BCUT2D eigenvalue weighted by Gasteiger charge is 2.09. The minimum Gasteiger partial charge on any atom is -0.335 e. The average Bonchev–Trinajstić information content (AvgIpc) is 2.37. The smallest absolute Gasteiger partial charge is 0.321 e. The summed E-state index contributed by atoms with van der Waals surface area (Å²) in [6, 6.07) is 6.79. The molecule has 0 unspecified atom stereocenters. The molecular weight excluding hydrogens is 284 g/mol. The first-order chi connectivity index (χ1) is 9.01. The van der Waals surface area contributed by atoms with E-state index in [0.717, 1.165) is 11.3 Å². The highest BCUT2D eigenvalue weighted by molar-refractivity contribution is 8.00. The van der Waals surface area contributed by atoms with E-state index in [1.807, 2.05) is 26.0 Å². The number of hydrogen-bond acceptors (Lipinski definition) is 3. The summed E-state index contributed by atoms with van der Waals surface area (Å²) >= 11 is 7.12. The topological polar surface area (TPSA) is 58.2 Å². The maximum Gasteiger partial charge on any atom is 0.321 e. The van der Waals surface area contributed by atoms with Gasteiger partial charge in [-0.1, -0.05) is 18.5 Å². The quantitative estimate of drug-likeness (QED) is 0.822. The van der Waals surface area contributed by atoms with Crippen LogP contribution in [0.3, 0.4) is 0 Å². The van der Waals surface area contributed by atoms with Gasteiger partial charge >= 0.3 is 6.03 Å². The van der Waals surface area contributed by atoms with E-state index in [0.29, 0.717) is 5.02 Å². The lowest BCUT2D eigenvalue weighted by molar-refractivity contribution is -0.117. The van der Waals surface area contributed by atoms with Gasteiger partial charge in [0.25, 0.3) is 0 Å². The SMILES string of the molecule is CC[C@H](C)NC(=O)NC(=O)CSc1ccc(Cl)cc1. The van der Waals surface area contributed by atoms with E-state index in [9.17, 15) is 9.59 Å². The third-order valence-electron chi connectivity index (χ3n) is 2.43. The van der Waals surface area contributed by atoms with Crippen LogP contribution in [-0.4, -0.2) is 23.7 Å². The number of halogens is 1. The molecule has 0 aliphatic rings. The van der Waals surface area contributed by atoms with Gasteiger partial charge in [0.1, 0.15) is 0 Å². The van der Waals surface area contributed by atoms with E-state index in [-0.39, 0.29) is 17.7 Å². The molecule has 0 radical (unpaired) electrons. The molecule has 0 aliphatic heterocycles. The molecule has 2 N–H and O–H groups in total. The maximum atomic E-state index is 11.5. The maximum absolute atomic E-state index is 11.5. The van der Waals surface area contributed by atoms with Gasteiger partial charge in [-0.3, -0.25) is 10.1 Å². The molecule has 104 valence electrons. The minimum absolute atomic E-state index is 0.0525. The van der Waals surface area contributed by atoms with Crippen LogP contribution in [0.15, 0.2) is 29.2 Å². The first-order valence-electron chi connectivity index (χ1n) is 6.00. The molecule has 0 fully saturated rings. The van der Waals surface area contributed by atoms with Crippen molar-refractivity contribution < 1.29 is 9.59 Å². The molecule has 19 heavy (non-hydrogen) atoms. The Bertz CT molecular complexity index is 437. The number of carbonyl (C=O) groups excluding carboxylic acids is 2. The van der Waals surface area contributed by atoms with E-state index in [2.05, 4.69) is 10.6 Å². The Morgan fingerprint density at radius 2 is 1.95 bits per heavy atom. The largest absolute Gasteiger partial charge is 0.335 e. The van der Waals surface area contributed by atoms with E-state index in [1.165, 1.54) is 11.8 Å². The van der Waals surface area contributed by atoms with Gasteiger partial charge in [0.2, 0.25) is 5.91 Å². The van der Waals surface area contributed by atoms with Crippen molar-refractivity contribution in [3.05, 3.63) is 29.3 Å². The van der Waals surface area contributed by atoms with Gasteiger partial charge in [0.15, 0.2) is 0 Å². The fourth-order valence-corrected chi connectivity index (χ4v) is 2.03. The van der Waals surface area contributed by atoms with Crippen molar-refractivity contribution in [3.63, 3.8) is 0 Å². The zero-order valence-corrected chi connectivity index (χ0v) is 12.5. The van der Waals surface area contributed by atoms with Gasteiger partial charge in [-0.2, -0.15) is 0 Å². The molecule has 0 aliphatic carbocycles. The zero-order valence-electron chi connectivity index (χ0n) is 10.9. The summed E-state index contributed by atoms with van der Waals surface area (Å²) < 4.78 is 0. The Hall–Kier alpha value is -1.20. The molecule has 1 rings (SSSR count). The third-order valence-corrected chi connectivity index (χ3v) is 3.69. The molecule has 3 amide bonds. The van der Waals surface area contributed by atoms with Crippen molar-refractivity contribution in [3.8, 4) is 0 Å². The number of rotatable bonds is 5. The number of thioether (sulfide) groups is 1. The summed E-state index contributed by atoms with van der Waals surface area (Å²) in [6.45, 7) is 3.84. The Kier molecular flexibility index (Phi) is 6.73. The first kappa shape index (κ1) is 15.9. The first-order valence-corrected chi connectivity index (χ1v) is 7.36. The lowest BCUT2D eigenvalue weighted by atomic mass is 10.3. The van der Waals surface area contributed by atoms with Crippen LogP contribution in [0.1, 0.15) is 20.3 Å². The second kappa shape index (κ2) is 8.07. The van der Waals surface area contributed by atoms with Crippen LogP contribution in [0, 0.1) is 0 Å². The molecule has 0 heterocycles. The summed E-state index contributed by atoms with van der Waals surface area (Å²) in [5.74, 6) is -0.129. The normalized spacial score (nSPS) is 11.7. The lowest BCUT2D eigenvalue weighted by Crippen LogP contribution is -2.43. The summed E-state index contributed by atoms with van der Waals surface area (Å²) in [4.78, 5) is 23.9. The van der Waals surface area contributed by atoms with E-state index < -0.39 is 6.03 Å². The van der Waals surface area contributed by atoms with Gasteiger partial charge in [-0.15, -0.1) is 11.8 Å². The second-order valence-corrected chi connectivity index (χ2v) is 5.56. The fraction of sp³-hybridized carbons (Fsp3) is 0.385. The van der Waals surface area contributed by atoms with Crippen LogP contribution in [0.25, 0.3) is 0 Å². The van der Waals surface area contributed by atoms with Crippen LogP contribution in [0.4, 0.5) is 4.79 Å². The molecule has 0 saturated carbocycles. The van der Waals surface area contributed by atoms with Crippen LogP contribution < -0.4 is 10.6 Å². The molecule has 0 saturated heterocycles. The van der Waals surface area contributed by atoms with Crippen molar-refractivity contribution in [2.24, 2.45) is 0 Å². The molecule has 6 heteroatoms. The number of nitrogens with one attached hydrogen (secondary N) is 2. The summed E-state index contributed by atoms with van der Waals surface area (Å²) in [5.41, 5.74) is 0. The third kappa shape index (κ3) is 6.50. The molecule has 0 bridgehead atoms. The summed E-state index contributed by atoms with van der Waals surface area (Å²) in [7, 11) is 0. The number of hydrogen-bond donors (Lipinski definition) is 2. The Labute approximate surface area is 122 Å². The monoisotopic (exact) mass is 300 g/mol. The van der Waals surface area contributed by atoms with Crippen molar-refractivity contribution in [2.45, 2.75) is 31.2 Å². The molecule has 1 atom stereocenters. The standard InChI is InChI=1S/C13H17ClN2O2S/c1-3-9(2)15-13(18)16-12(17)8-19-11-6-4-10(14)5-7-11/h4-7,9H,3,8H2,1-2H3,(H2,15,16,17,18)/t9-/m0/s1. The molecule has 1 aromatic carbocycles. The minimum atomic E-state index is -0.448. The Morgan fingerprint density at radius 3 is 2.53 bits per heavy atom. The van der Waals surface area contributed by atoms with Crippen LogP contribution >= 0.6 is 23.4 Å². The Balaban J connectivity index is 2.31. The van der Waals surface area contributed by atoms with Crippen molar-refractivity contribution in [2.75, 3.05) is 5.75 Å². The summed E-state index contributed by atoms with van der Waals surface area (Å²) in [6.07, 6.45) is 0.821. The van der Waals surface area contributed by atoms with E-state index in [4.69, 9.17) is 11.6 Å². The number of imide groups is 1. The van der Waals surface area contributed by atoms with Crippen LogP contribution in [0.5, 0.6) is 0 Å². The van der Waals surface area contributed by atoms with Crippen LogP contribution in [-0.2, 0) is 4.79 Å². The average molecular weight is 301 g/mol. The van der Waals surface area contributed by atoms with Gasteiger partial charge in [-0.05, 0) is 37.6 Å². The highest BCUT2D eigenvalue weighted by Crippen LogP contribution is 2.19. The van der Waals surface area contributed by atoms with Gasteiger partial charge in [0, 0.05) is 16.0 Å². The number of urea groups is 1. The van der Waals surface area contributed by atoms with E-state index in [1.54, 1.807) is 12.1 Å². The van der Waals surface area contributed by atoms with Gasteiger partial charge in [0.05, 0.1) is 5.75 Å². The molecule has 4 nitrogen and oxygen atoms in total. The van der Waals surface area contributed by atoms with Gasteiger partial charge < -0.3 is 5.32 Å². The predicted octanol–water partition coefficient (Wildman–Crippen LogP) is 3.06. The lowest BCUT2D eigenvalue weighted by Gasteiger charge is -2.11. The van der Waals surface area contributed by atoms with Gasteiger partial charge in [-0.25, -0.2) is 4.79 Å². The molecule has 0 spiro atoms. The predicted molar refractivity (Wildman–Crippen MR) is 78.6 cm³/mol. The van der Waals surface area contributed by atoms with Crippen molar-refractivity contribution in [1.82, 2.24) is 10.6 Å². The van der Waals surface area contributed by atoms with Crippen molar-refractivity contribution in [1.29, 1.82) is 0 Å². The number of benzene rings is 1. The zero-order chi connectivity index (χ0) is 14.3. The van der Waals surface area contributed by atoms with Crippen molar-refractivity contribution >= 4 is 35.3 Å². The highest BCUT2D eigenvalue weighted by atomic mass is 35.5.